The van der Waals surface area contributed by atoms with Crippen LogP contribution in [0.2, 0.25) is 0 Å². The lowest BCUT2D eigenvalue weighted by atomic mass is 9.78. The molecule has 0 aliphatic carbocycles. The van der Waals surface area contributed by atoms with E-state index in [4.69, 9.17) is 4.74 Å². The lowest BCUT2D eigenvalue weighted by Gasteiger charge is -2.56. The van der Waals surface area contributed by atoms with E-state index in [1.54, 1.807) is 20.8 Å². The third-order valence-electron chi connectivity index (χ3n) is 3.71. The molecule has 0 saturated carbocycles. The number of amides is 1. The topological polar surface area (TPSA) is 62.7 Å². The molecule has 1 fully saturated rings. The molecule has 6 heteroatoms. The lowest BCUT2D eigenvalue weighted by Crippen LogP contribution is -2.67. The number of nitrogens with zero attached hydrogens (tertiary/aromatic N) is 2. The molecule has 1 aliphatic rings. The number of ether oxygens (including phenoxy) is 1. The summed E-state index contributed by atoms with van der Waals surface area (Å²) in [6, 6.07) is 0.782. The van der Waals surface area contributed by atoms with Gasteiger partial charge < -0.3 is 9.84 Å². The Morgan fingerprint density at radius 2 is 2.14 bits per heavy atom. The van der Waals surface area contributed by atoms with Crippen molar-refractivity contribution in [3.63, 3.8) is 0 Å². The molecule has 1 aromatic rings. The van der Waals surface area contributed by atoms with Gasteiger partial charge >= 0.3 is 6.09 Å². The molecule has 1 aliphatic heterocycles. The van der Waals surface area contributed by atoms with Gasteiger partial charge in [-0.3, -0.25) is 9.88 Å². The van der Waals surface area contributed by atoms with Crippen molar-refractivity contribution in [2.75, 3.05) is 0 Å². The van der Waals surface area contributed by atoms with Crippen molar-refractivity contribution in [1.29, 1.82) is 0 Å². The highest BCUT2D eigenvalue weighted by Crippen LogP contribution is 2.43. The summed E-state index contributed by atoms with van der Waals surface area (Å²) in [5.41, 5.74) is -0.665. The number of aliphatic hydroxyl groups is 1. The maximum absolute atomic E-state index is 13.3. The van der Waals surface area contributed by atoms with Gasteiger partial charge in [0.1, 0.15) is 17.5 Å². The molecule has 2 rings (SSSR count). The van der Waals surface area contributed by atoms with Gasteiger partial charge in [0, 0.05) is 17.3 Å². The van der Waals surface area contributed by atoms with Gasteiger partial charge in [-0.05, 0) is 47.1 Å². The molecule has 122 valence electrons. The Labute approximate surface area is 130 Å². The predicted molar refractivity (Wildman–Crippen MR) is 79.7 cm³/mol. The van der Waals surface area contributed by atoms with Gasteiger partial charge in [-0.2, -0.15) is 0 Å². The molecule has 0 spiro atoms. The summed E-state index contributed by atoms with van der Waals surface area (Å²) in [4.78, 5) is 17.6. The van der Waals surface area contributed by atoms with Crippen molar-refractivity contribution in [2.45, 2.75) is 64.3 Å². The van der Waals surface area contributed by atoms with E-state index in [2.05, 4.69) is 4.98 Å². The number of aromatic nitrogens is 1. The molecule has 1 saturated heterocycles. The van der Waals surface area contributed by atoms with Crippen molar-refractivity contribution in [3.05, 3.63) is 29.8 Å². The van der Waals surface area contributed by atoms with Crippen LogP contribution in [0.4, 0.5) is 9.18 Å². The van der Waals surface area contributed by atoms with E-state index in [9.17, 15) is 14.3 Å². The van der Waals surface area contributed by atoms with Gasteiger partial charge in [-0.15, -0.1) is 0 Å². The van der Waals surface area contributed by atoms with Crippen molar-refractivity contribution in [1.82, 2.24) is 9.88 Å². The zero-order chi connectivity index (χ0) is 16.7. The van der Waals surface area contributed by atoms with Crippen molar-refractivity contribution < 1.29 is 19.0 Å². The molecule has 22 heavy (non-hydrogen) atoms. The van der Waals surface area contributed by atoms with Gasteiger partial charge in [-0.25, -0.2) is 9.18 Å². The average molecular weight is 310 g/mol. The first-order valence-electron chi connectivity index (χ1n) is 7.32. The Hall–Kier alpha value is -1.69. The minimum absolute atomic E-state index is 0.356. The van der Waals surface area contributed by atoms with Crippen LogP contribution in [0.15, 0.2) is 18.5 Å². The number of carbonyl (C=O) groups excluding carboxylic acids is 1. The molecule has 1 amide bonds. The Kier molecular flexibility index (Phi) is 4.17. The zero-order valence-corrected chi connectivity index (χ0v) is 13.6. The van der Waals surface area contributed by atoms with Crippen molar-refractivity contribution in [3.8, 4) is 0 Å². The smallest absolute Gasteiger partial charge is 0.411 e. The summed E-state index contributed by atoms with van der Waals surface area (Å²) in [6.07, 6.45) is 1.61. The van der Waals surface area contributed by atoms with Gasteiger partial charge in [0.2, 0.25) is 0 Å². The van der Waals surface area contributed by atoms with E-state index in [1.165, 1.54) is 17.2 Å². The Morgan fingerprint density at radius 3 is 2.64 bits per heavy atom. The van der Waals surface area contributed by atoms with Crippen molar-refractivity contribution in [2.24, 2.45) is 0 Å². The molecule has 1 aromatic heterocycles. The van der Waals surface area contributed by atoms with E-state index in [1.807, 2.05) is 13.8 Å². The fourth-order valence-corrected chi connectivity index (χ4v) is 2.80. The predicted octanol–water partition coefficient (Wildman–Crippen LogP) is 3.04. The number of aliphatic hydroxyl groups excluding tert-OH is 1. The number of pyridine rings is 1. The van der Waals surface area contributed by atoms with E-state index >= 15 is 0 Å². The summed E-state index contributed by atoms with van der Waals surface area (Å²) in [5, 5.41) is 10.5. The number of carbonyl (C=O) groups is 1. The molecule has 1 unspecified atom stereocenters. The molecule has 2 atom stereocenters. The van der Waals surface area contributed by atoms with E-state index < -0.39 is 35.2 Å². The molecule has 0 aromatic carbocycles. The summed E-state index contributed by atoms with van der Waals surface area (Å²) in [7, 11) is 0. The normalized spacial score (nSPS) is 22.0. The maximum atomic E-state index is 13.3. The van der Waals surface area contributed by atoms with Gasteiger partial charge in [0.05, 0.1) is 12.2 Å². The fourth-order valence-electron chi connectivity index (χ4n) is 2.80. The molecule has 5 nitrogen and oxygen atoms in total. The van der Waals surface area contributed by atoms with E-state index in [0.717, 1.165) is 6.20 Å². The molecular formula is C16H23FN2O3. The number of halogens is 1. The fraction of sp³-hybridized carbons (Fsp3) is 0.625. The van der Waals surface area contributed by atoms with Crippen LogP contribution in [0.5, 0.6) is 0 Å². The monoisotopic (exact) mass is 310 g/mol. The molecule has 1 N–H and O–H groups in total. The van der Waals surface area contributed by atoms with Gasteiger partial charge in [-0.1, -0.05) is 0 Å². The highest BCUT2D eigenvalue weighted by atomic mass is 19.1. The first-order chi connectivity index (χ1) is 10.0. The lowest BCUT2D eigenvalue weighted by molar-refractivity contribution is -0.105. The summed E-state index contributed by atoms with van der Waals surface area (Å²) < 4.78 is 18.7. The first-order valence-corrected chi connectivity index (χ1v) is 7.32. The van der Waals surface area contributed by atoms with E-state index in [-0.39, 0.29) is 0 Å². The van der Waals surface area contributed by atoms with Crippen LogP contribution in [-0.4, -0.2) is 38.3 Å². The molecule has 0 radical (unpaired) electrons. The second kappa shape index (κ2) is 5.50. The standard InChI is InChI=1S/C16H23FN2O3/c1-15(2,3)22-14(21)19-12(7-16(19,4)5)13(20)10-6-11(17)9-18-8-10/h6,8-9,12-13,20H,7H2,1-5H3/t12?,13-/m0/s1. The highest BCUT2D eigenvalue weighted by Gasteiger charge is 2.52. The van der Waals surface area contributed by atoms with Crippen LogP contribution in [0, 0.1) is 5.82 Å². The quantitative estimate of drug-likeness (QED) is 0.912. The minimum atomic E-state index is -0.997. The summed E-state index contributed by atoms with van der Waals surface area (Å²) >= 11 is 0. The number of hydrogen-bond acceptors (Lipinski definition) is 4. The molecular weight excluding hydrogens is 287 g/mol. The Bertz CT molecular complexity index is 569. The maximum Gasteiger partial charge on any atom is 0.411 e. The van der Waals surface area contributed by atoms with Crippen LogP contribution in [0.1, 0.15) is 52.7 Å². The van der Waals surface area contributed by atoms with Crippen molar-refractivity contribution >= 4 is 6.09 Å². The second-order valence-corrected chi connectivity index (χ2v) is 7.32. The van der Waals surface area contributed by atoms with Crippen LogP contribution >= 0.6 is 0 Å². The van der Waals surface area contributed by atoms with Gasteiger partial charge in [0.25, 0.3) is 0 Å². The van der Waals surface area contributed by atoms with Crippen LogP contribution in [0.3, 0.4) is 0 Å². The molecule has 2 heterocycles. The van der Waals surface area contributed by atoms with Gasteiger partial charge in [0.15, 0.2) is 0 Å². The number of likely N-dealkylation sites (tertiary alicyclic amines) is 1. The average Bonchev–Trinajstić information content (AvgIpc) is 2.33. The van der Waals surface area contributed by atoms with Crippen LogP contribution in [-0.2, 0) is 4.74 Å². The second-order valence-electron chi connectivity index (χ2n) is 7.32. The summed E-state index contributed by atoms with van der Waals surface area (Å²) in [5.74, 6) is -0.515. The SMILES string of the molecule is CC(C)(C)OC(=O)N1C([C@@H](O)c2cncc(F)c2)CC1(C)C. The third kappa shape index (κ3) is 3.38. The molecule has 0 bridgehead atoms. The summed E-state index contributed by atoms with van der Waals surface area (Å²) in [6.45, 7) is 9.19. The zero-order valence-electron chi connectivity index (χ0n) is 13.6. The minimum Gasteiger partial charge on any atom is -0.444 e. The van der Waals surface area contributed by atoms with Crippen LogP contribution < -0.4 is 0 Å². The van der Waals surface area contributed by atoms with E-state index in [0.29, 0.717) is 12.0 Å². The number of hydrogen-bond donors (Lipinski definition) is 1. The Morgan fingerprint density at radius 1 is 1.50 bits per heavy atom. The number of rotatable bonds is 2. The van der Waals surface area contributed by atoms with Crippen LogP contribution in [0.25, 0.3) is 0 Å². The largest absolute Gasteiger partial charge is 0.444 e. The highest BCUT2D eigenvalue weighted by molar-refractivity contribution is 5.71. The first kappa shape index (κ1) is 16.7. The third-order valence-corrected chi connectivity index (χ3v) is 3.71. The Balaban J connectivity index is 2.19.